The number of alkyl carbamates (subject to hydrolysis) is 1. The van der Waals surface area contributed by atoms with Crippen molar-refractivity contribution in [3.63, 3.8) is 0 Å². The van der Waals surface area contributed by atoms with Gasteiger partial charge in [-0.25, -0.2) is 9.59 Å². The molecule has 3 aliphatic rings. The molecule has 0 aliphatic carbocycles. The van der Waals surface area contributed by atoms with E-state index in [0.29, 0.717) is 17.7 Å². The van der Waals surface area contributed by atoms with Crippen molar-refractivity contribution in [1.29, 1.82) is 0 Å². The molecule has 3 amide bonds. The van der Waals surface area contributed by atoms with Gasteiger partial charge in [0.25, 0.3) is 0 Å². The second-order valence-electron chi connectivity index (χ2n) is 13.5. The number of nitrogens with one attached hydrogen (secondary N) is 1. The Morgan fingerprint density at radius 3 is 2.59 bits per heavy atom. The third-order valence-electron chi connectivity index (χ3n) is 10.0. The number of fused-ring (bicyclic) bond motifs is 5. The maximum atomic E-state index is 14.0. The molecule has 3 aliphatic heterocycles. The van der Waals surface area contributed by atoms with Gasteiger partial charge in [-0.2, -0.15) is 0 Å². The van der Waals surface area contributed by atoms with Crippen LogP contribution in [0.5, 0.6) is 0 Å². The Bertz CT molecular complexity index is 1520. The number of ether oxygens (including phenoxy) is 3. The summed E-state index contributed by atoms with van der Waals surface area (Å²) in [4.78, 5) is 55.2. The fourth-order valence-electron chi connectivity index (χ4n) is 6.56. The van der Waals surface area contributed by atoms with Crippen molar-refractivity contribution >= 4 is 41.2 Å². The van der Waals surface area contributed by atoms with Gasteiger partial charge < -0.3 is 39.3 Å². The van der Waals surface area contributed by atoms with E-state index >= 15 is 0 Å². The number of rotatable bonds is 6. The van der Waals surface area contributed by atoms with Gasteiger partial charge in [0.05, 0.1) is 36.4 Å². The minimum Gasteiger partial charge on any atom is -0.457 e. The summed E-state index contributed by atoms with van der Waals surface area (Å²) in [6, 6.07) is 2.53. The zero-order valence-electron chi connectivity index (χ0n) is 29.1. The quantitative estimate of drug-likeness (QED) is 0.254. The first-order chi connectivity index (χ1) is 23.0. The number of likely N-dealkylation sites (N-methyl/N-ethyl adjacent to an activating group) is 1. The highest BCUT2D eigenvalue weighted by Gasteiger charge is 2.64. The maximum Gasteiger partial charge on any atom is 0.409 e. The van der Waals surface area contributed by atoms with Gasteiger partial charge in [0.1, 0.15) is 23.9 Å². The highest BCUT2D eigenvalue weighted by atomic mass is 35.5. The van der Waals surface area contributed by atoms with Crippen LogP contribution in [0.3, 0.4) is 0 Å². The van der Waals surface area contributed by atoms with Crippen molar-refractivity contribution in [2.24, 2.45) is 11.8 Å². The van der Waals surface area contributed by atoms with E-state index < -0.39 is 72.1 Å². The number of carbonyl (C=O) groups is 4. The Kier molecular flexibility index (Phi) is 11.9. The van der Waals surface area contributed by atoms with Crippen LogP contribution < -0.4 is 10.2 Å². The molecule has 8 atom stereocenters. The number of esters is 1. The second-order valence-corrected chi connectivity index (χ2v) is 13.9. The average molecular weight is 706 g/mol. The lowest BCUT2D eigenvalue weighted by Crippen LogP contribution is -2.62. The van der Waals surface area contributed by atoms with E-state index in [1.165, 1.54) is 30.8 Å². The lowest BCUT2D eigenvalue weighted by Gasteiger charge is -2.42. The van der Waals surface area contributed by atoms with Crippen molar-refractivity contribution in [2.75, 3.05) is 25.6 Å². The summed E-state index contributed by atoms with van der Waals surface area (Å²) in [5.74, 6) is -2.91. The summed E-state index contributed by atoms with van der Waals surface area (Å²) in [7, 11) is 3.03. The number of nitrogens with zero attached hydrogens (tertiary/aromatic N) is 2. The third-order valence-corrected chi connectivity index (χ3v) is 10.5. The molecule has 4 N–H and O–H groups in total. The lowest BCUT2D eigenvalue weighted by atomic mass is 9.81. The van der Waals surface area contributed by atoms with Crippen LogP contribution in [0.15, 0.2) is 35.9 Å². The number of aliphatic hydroxyl groups is 3. The molecule has 0 radical (unpaired) electrons. The van der Waals surface area contributed by atoms with Crippen LogP contribution in [0, 0.1) is 11.8 Å². The van der Waals surface area contributed by atoms with Crippen molar-refractivity contribution < 1.29 is 48.7 Å². The molecule has 1 aromatic carbocycles. The zero-order chi connectivity index (χ0) is 36.4. The number of hydrogen-bond donors (Lipinski definition) is 4. The Balaban J connectivity index is 1.79. The van der Waals surface area contributed by atoms with Crippen LogP contribution in [0.1, 0.15) is 65.0 Å². The zero-order valence-corrected chi connectivity index (χ0v) is 29.8. The van der Waals surface area contributed by atoms with Gasteiger partial charge >= 0.3 is 12.1 Å². The summed E-state index contributed by atoms with van der Waals surface area (Å²) < 4.78 is 17.8. The molecule has 3 heterocycles. The molecular weight excluding hydrogens is 658 g/mol. The van der Waals surface area contributed by atoms with Crippen LogP contribution >= 0.6 is 11.6 Å². The Hall–Kier alpha value is -3.49. The fraction of sp³-hybridized carbons (Fsp3) is 0.600. The maximum absolute atomic E-state index is 14.0. The minimum absolute atomic E-state index is 0.0878. The van der Waals surface area contributed by atoms with Gasteiger partial charge in [-0.05, 0) is 44.4 Å². The van der Waals surface area contributed by atoms with E-state index in [2.05, 4.69) is 5.32 Å². The van der Waals surface area contributed by atoms with Crippen molar-refractivity contribution in [1.82, 2.24) is 10.2 Å². The summed E-state index contributed by atoms with van der Waals surface area (Å²) in [5, 5.41) is 34.6. The molecule has 1 aromatic rings. The molecule has 14 heteroatoms. The van der Waals surface area contributed by atoms with Crippen molar-refractivity contribution in [2.45, 2.75) is 103 Å². The fourth-order valence-corrected chi connectivity index (χ4v) is 6.85. The number of epoxide rings is 1. The highest BCUT2D eigenvalue weighted by Crippen LogP contribution is 2.49. The number of hydrogen-bond acceptors (Lipinski definition) is 10. The second kappa shape index (κ2) is 15.2. The minimum atomic E-state index is -1.85. The number of allylic oxidation sites excluding steroid dienone is 3. The molecule has 4 bridgehead atoms. The number of amides is 3. The molecule has 8 unspecified atom stereocenters. The molecule has 4 rings (SSSR count). The van der Waals surface area contributed by atoms with Crippen LogP contribution in [0.2, 0.25) is 5.02 Å². The number of carbonyl (C=O) groups excluding carboxylic acids is 4. The number of halogens is 1. The topological polar surface area (TPSA) is 178 Å². The molecular formula is C35H48ClN3O10. The van der Waals surface area contributed by atoms with Crippen LogP contribution in [-0.2, 0) is 41.6 Å². The van der Waals surface area contributed by atoms with Gasteiger partial charge in [-0.1, -0.05) is 55.3 Å². The van der Waals surface area contributed by atoms with Crippen LogP contribution in [-0.4, -0.2) is 100 Å². The summed E-state index contributed by atoms with van der Waals surface area (Å²) in [6.45, 7) is 7.70. The molecule has 2 fully saturated rings. The number of aliphatic hydroxyl groups excluding tert-OH is 2. The molecule has 270 valence electrons. The van der Waals surface area contributed by atoms with E-state index in [9.17, 15) is 34.5 Å². The molecule has 49 heavy (non-hydrogen) atoms. The molecule has 2 saturated heterocycles. The largest absolute Gasteiger partial charge is 0.457 e. The van der Waals surface area contributed by atoms with Gasteiger partial charge in [0, 0.05) is 38.8 Å². The Labute approximate surface area is 291 Å². The van der Waals surface area contributed by atoms with E-state index in [1.54, 1.807) is 51.1 Å². The number of anilines is 1. The first-order valence-corrected chi connectivity index (χ1v) is 16.9. The monoisotopic (exact) mass is 705 g/mol. The molecule has 0 spiro atoms. The smallest absolute Gasteiger partial charge is 0.409 e. The Morgan fingerprint density at radius 2 is 1.96 bits per heavy atom. The van der Waals surface area contributed by atoms with Crippen LogP contribution in [0.4, 0.5) is 10.5 Å². The summed E-state index contributed by atoms with van der Waals surface area (Å²) in [5.41, 5.74) is -0.678. The average Bonchev–Trinajstić information content (AvgIpc) is 3.76. The van der Waals surface area contributed by atoms with Crippen LogP contribution in [0.25, 0.3) is 0 Å². The SMILES string of the molecule is CCC(=O)N(C)C(C)C(=O)OC1CC(=O)N(C)c2cc(cc(CO)c2Cl)C/C(C)=C/C=C/C(CO)C2(O)CC(OC(=O)N2)C(C)C2OC12C. The van der Waals surface area contributed by atoms with Gasteiger partial charge in [0.2, 0.25) is 11.8 Å². The normalized spacial score (nSPS) is 32.8. The first-order valence-electron chi connectivity index (χ1n) is 16.5. The van der Waals surface area contributed by atoms with Crippen molar-refractivity contribution in [3.05, 3.63) is 52.1 Å². The molecule has 13 nitrogen and oxygen atoms in total. The lowest BCUT2D eigenvalue weighted by molar-refractivity contribution is -0.161. The van der Waals surface area contributed by atoms with E-state index in [1.807, 2.05) is 6.92 Å². The molecule has 0 saturated carbocycles. The van der Waals surface area contributed by atoms with E-state index in [0.717, 1.165) is 11.1 Å². The summed E-state index contributed by atoms with van der Waals surface area (Å²) in [6.07, 6.45) is 1.71. The standard InChI is InChI=1S/C35H48ClN3O10/c1-8-28(42)38(6)21(4)32(44)48-27-15-29(43)39(7)25-14-22(13-23(17-40)30(25)36)12-19(2)10-9-11-24(18-41)35(46)16-26(47-33(45)37-35)20(3)31-34(27,5)49-31/h9-11,13-14,20-21,24,26-27,31,40-41,46H,8,12,15-18H2,1-7H3,(H,37,45)/b11-9+,19-10+. The van der Waals surface area contributed by atoms with Crippen molar-refractivity contribution in [3.8, 4) is 0 Å². The molecule has 0 aromatic heterocycles. The Morgan fingerprint density at radius 1 is 1.27 bits per heavy atom. The predicted molar refractivity (Wildman–Crippen MR) is 180 cm³/mol. The number of benzene rings is 1. The highest BCUT2D eigenvalue weighted by molar-refractivity contribution is 6.34. The third kappa shape index (κ3) is 8.12. The first kappa shape index (κ1) is 38.3. The van der Waals surface area contributed by atoms with Gasteiger partial charge in [-0.15, -0.1) is 0 Å². The van der Waals surface area contributed by atoms with E-state index in [-0.39, 0.29) is 36.8 Å². The van der Waals surface area contributed by atoms with Gasteiger partial charge in [-0.3, -0.25) is 14.9 Å². The van der Waals surface area contributed by atoms with E-state index in [4.69, 9.17) is 25.8 Å². The summed E-state index contributed by atoms with van der Waals surface area (Å²) >= 11 is 6.68. The predicted octanol–water partition coefficient (Wildman–Crippen LogP) is 3.00. The van der Waals surface area contributed by atoms with Gasteiger partial charge in [0.15, 0.2) is 5.72 Å².